The van der Waals surface area contributed by atoms with Crippen LogP contribution in [0.25, 0.3) is 0 Å². The molecule has 104 valence electrons. The molecule has 0 saturated heterocycles. The molecule has 1 aromatic heterocycles. The van der Waals surface area contributed by atoms with Crippen LogP contribution in [0.15, 0.2) is 52.2 Å². The molecule has 0 atom stereocenters. The quantitative estimate of drug-likeness (QED) is 0.666. The summed E-state index contributed by atoms with van der Waals surface area (Å²) in [6, 6.07) is 9.59. The number of anilines is 1. The second-order valence-corrected chi connectivity index (χ2v) is 4.77. The van der Waals surface area contributed by atoms with Crippen LogP contribution in [0.5, 0.6) is 0 Å². The number of hydrogen-bond acceptors (Lipinski definition) is 3. The van der Waals surface area contributed by atoms with Gasteiger partial charge < -0.3 is 0 Å². The van der Waals surface area contributed by atoms with E-state index in [1.165, 1.54) is 6.07 Å². The van der Waals surface area contributed by atoms with Gasteiger partial charge in [-0.1, -0.05) is 28.1 Å². The average Bonchev–Trinajstić information content (AvgIpc) is 2.38. The molecule has 1 heterocycles. The summed E-state index contributed by atoms with van der Waals surface area (Å²) >= 11 is 3.32. The lowest BCUT2D eigenvalue weighted by atomic mass is 10.2. The molecule has 0 spiro atoms. The Kier molecular flexibility index (Phi) is 4.39. The number of hydrazone groups is 1. The van der Waals surface area contributed by atoms with E-state index in [1.807, 2.05) is 24.3 Å². The van der Waals surface area contributed by atoms with E-state index >= 15 is 0 Å². The third-order valence-corrected chi connectivity index (χ3v) is 2.83. The Balaban J connectivity index is 2.01. The van der Waals surface area contributed by atoms with Gasteiger partial charge in [0.05, 0.1) is 11.8 Å². The van der Waals surface area contributed by atoms with Crippen molar-refractivity contribution < 1.29 is 13.2 Å². The second-order valence-electron chi connectivity index (χ2n) is 3.85. The van der Waals surface area contributed by atoms with Gasteiger partial charge in [-0.05, 0) is 29.8 Å². The van der Waals surface area contributed by atoms with Gasteiger partial charge in [0.1, 0.15) is 5.82 Å². The highest BCUT2D eigenvalue weighted by Crippen LogP contribution is 2.28. The SMILES string of the molecule is FC(F)(F)c1ccc(N/N=C/c2cccc(Br)c2)nc1. The van der Waals surface area contributed by atoms with Gasteiger partial charge >= 0.3 is 6.18 Å². The Bertz CT molecular complexity index is 609. The Hall–Kier alpha value is -1.89. The third kappa shape index (κ3) is 4.06. The standard InChI is InChI=1S/C13H9BrF3N3/c14-11-3-1-2-9(6-11)7-19-20-12-5-4-10(8-18-12)13(15,16)17/h1-8H,(H,18,20)/b19-7+. The molecule has 0 bridgehead atoms. The van der Waals surface area contributed by atoms with Crippen molar-refractivity contribution in [1.82, 2.24) is 4.98 Å². The highest BCUT2D eigenvalue weighted by Gasteiger charge is 2.30. The number of pyridine rings is 1. The van der Waals surface area contributed by atoms with E-state index in [1.54, 1.807) is 6.21 Å². The van der Waals surface area contributed by atoms with Crippen molar-refractivity contribution in [2.45, 2.75) is 6.18 Å². The van der Waals surface area contributed by atoms with Crippen LogP contribution in [0.3, 0.4) is 0 Å². The van der Waals surface area contributed by atoms with Crippen LogP contribution in [-0.2, 0) is 6.18 Å². The predicted molar refractivity (Wildman–Crippen MR) is 74.6 cm³/mol. The van der Waals surface area contributed by atoms with Crippen LogP contribution in [-0.4, -0.2) is 11.2 Å². The molecule has 0 fully saturated rings. The zero-order chi connectivity index (χ0) is 14.6. The molecule has 0 aliphatic rings. The first kappa shape index (κ1) is 14.5. The molecule has 0 radical (unpaired) electrons. The normalized spacial score (nSPS) is 11.8. The molecule has 0 amide bonds. The fourth-order valence-corrected chi connectivity index (χ4v) is 1.80. The number of halogens is 4. The molecule has 0 unspecified atom stereocenters. The maximum absolute atomic E-state index is 12.3. The first-order valence-electron chi connectivity index (χ1n) is 5.53. The number of hydrogen-bond donors (Lipinski definition) is 1. The number of aromatic nitrogens is 1. The van der Waals surface area contributed by atoms with Gasteiger partial charge in [-0.3, -0.25) is 5.43 Å². The minimum Gasteiger partial charge on any atom is -0.261 e. The molecule has 7 heteroatoms. The van der Waals surface area contributed by atoms with E-state index in [0.29, 0.717) is 0 Å². The van der Waals surface area contributed by atoms with Gasteiger partial charge in [0.2, 0.25) is 0 Å². The zero-order valence-electron chi connectivity index (χ0n) is 10.0. The Morgan fingerprint density at radius 3 is 2.60 bits per heavy atom. The minimum atomic E-state index is -4.38. The highest BCUT2D eigenvalue weighted by atomic mass is 79.9. The first-order valence-corrected chi connectivity index (χ1v) is 6.32. The van der Waals surface area contributed by atoms with Gasteiger partial charge in [0.15, 0.2) is 0 Å². The Morgan fingerprint density at radius 1 is 1.20 bits per heavy atom. The van der Waals surface area contributed by atoms with Crippen LogP contribution in [0.4, 0.5) is 19.0 Å². The van der Waals surface area contributed by atoms with Crippen LogP contribution in [0.2, 0.25) is 0 Å². The number of nitrogens with zero attached hydrogens (tertiary/aromatic N) is 2. The van der Waals surface area contributed by atoms with Crippen molar-refractivity contribution in [1.29, 1.82) is 0 Å². The highest BCUT2D eigenvalue weighted by molar-refractivity contribution is 9.10. The first-order chi connectivity index (χ1) is 9.45. The second kappa shape index (κ2) is 6.04. The van der Waals surface area contributed by atoms with Gasteiger partial charge in [0, 0.05) is 10.7 Å². The lowest BCUT2D eigenvalue weighted by Crippen LogP contribution is -2.05. The van der Waals surface area contributed by atoms with Crippen LogP contribution in [0.1, 0.15) is 11.1 Å². The summed E-state index contributed by atoms with van der Waals surface area (Å²) in [4.78, 5) is 3.64. The van der Waals surface area contributed by atoms with E-state index in [0.717, 1.165) is 22.3 Å². The summed E-state index contributed by atoms with van der Waals surface area (Å²) in [7, 11) is 0. The number of rotatable bonds is 3. The van der Waals surface area contributed by atoms with Gasteiger partial charge in [-0.2, -0.15) is 18.3 Å². The van der Waals surface area contributed by atoms with Crippen LogP contribution < -0.4 is 5.43 Å². The summed E-state index contributed by atoms with van der Waals surface area (Å²) in [6.45, 7) is 0. The van der Waals surface area contributed by atoms with E-state index in [2.05, 4.69) is 31.4 Å². The number of benzene rings is 1. The maximum atomic E-state index is 12.3. The predicted octanol–water partition coefficient (Wildman–Crippen LogP) is 4.31. The van der Waals surface area contributed by atoms with Gasteiger partial charge in [-0.25, -0.2) is 4.98 Å². The Labute approximate surface area is 121 Å². The van der Waals surface area contributed by atoms with Gasteiger partial charge in [-0.15, -0.1) is 0 Å². The molecule has 3 nitrogen and oxygen atoms in total. The monoisotopic (exact) mass is 343 g/mol. The Morgan fingerprint density at radius 2 is 2.00 bits per heavy atom. The molecular weight excluding hydrogens is 335 g/mol. The molecule has 1 aromatic carbocycles. The summed E-state index contributed by atoms with van der Waals surface area (Å²) in [5.74, 6) is 0.240. The van der Waals surface area contributed by atoms with E-state index in [9.17, 15) is 13.2 Å². The lowest BCUT2D eigenvalue weighted by molar-refractivity contribution is -0.137. The third-order valence-electron chi connectivity index (χ3n) is 2.33. The molecule has 0 saturated carbocycles. The van der Waals surface area contributed by atoms with Crippen molar-refractivity contribution >= 4 is 28.0 Å². The zero-order valence-corrected chi connectivity index (χ0v) is 11.6. The van der Waals surface area contributed by atoms with Crippen molar-refractivity contribution in [2.24, 2.45) is 5.10 Å². The summed E-state index contributed by atoms with van der Waals surface area (Å²) in [5, 5.41) is 3.91. The fourth-order valence-electron chi connectivity index (χ4n) is 1.39. The van der Waals surface area contributed by atoms with E-state index in [4.69, 9.17) is 0 Å². The summed E-state index contributed by atoms with van der Waals surface area (Å²) < 4.78 is 37.9. The van der Waals surface area contributed by atoms with Crippen molar-refractivity contribution in [3.8, 4) is 0 Å². The van der Waals surface area contributed by atoms with Gasteiger partial charge in [0.25, 0.3) is 0 Å². The molecule has 0 aliphatic heterocycles. The molecule has 20 heavy (non-hydrogen) atoms. The minimum absolute atomic E-state index is 0.240. The number of alkyl halides is 3. The van der Waals surface area contributed by atoms with Crippen molar-refractivity contribution in [3.05, 3.63) is 58.2 Å². The molecule has 2 aromatic rings. The summed E-state index contributed by atoms with van der Waals surface area (Å²) in [5.41, 5.74) is 2.62. The van der Waals surface area contributed by atoms with E-state index in [-0.39, 0.29) is 5.82 Å². The maximum Gasteiger partial charge on any atom is 0.417 e. The number of nitrogens with one attached hydrogen (secondary N) is 1. The van der Waals surface area contributed by atoms with Crippen LogP contribution in [0, 0.1) is 0 Å². The topological polar surface area (TPSA) is 37.3 Å². The fraction of sp³-hybridized carbons (Fsp3) is 0.0769. The smallest absolute Gasteiger partial charge is 0.261 e. The molecule has 2 rings (SSSR count). The van der Waals surface area contributed by atoms with Crippen molar-refractivity contribution in [3.63, 3.8) is 0 Å². The van der Waals surface area contributed by atoms with Crippen molar-refractivity contribution in [2.75, 3.05) is 5.43 Å². The molecule has 1 N–H and O–H groups in total. The molecular formula is C13H9BrF3N3. The van der Waals surface area contributed by atoms with Crippen LogP contribution >= 0.6 is 15.9 Å². The average molecular weight is 344 g/mol. The summed E-state index contributed by atoms with van der Waals surface area (Å²) in [6.07, 6.45) is -2.08. The lowest BCUT2D eigenvalue weighted by Gasteiger charge is -2.06. The largest absolute Gasteiger partial charge is 0.417 e. The molecule has 0 aliphatic carbocycles. The van der Waals surface area contributed by atoms with E-state index < -0.39 is 11.7 Å².